The van der Waals surface area contributed by atoms with Crippen LogP contribution in [0.4, 0.5) is 5.82 Å². The van der Waals surface area contributed by atoms with Crippen LogP contribution in [0.1, 0.15) is 6.92 Å². The highest BCUT2D eigenvalue weighted by molar-refractivity contribution is 7.17. The van der Waals surface area contributed by atoms with Crippen molar-refractivity contribution < 1.29 is 9.64 Å². The highest BCUT2D eigenvalue weighted by Gasteiger charge is 2.23. The fourth-order valence-corrected chi connectivity index (χ4v) is 4.38. The zero-order chi connectivity index (χ0) is 17.2. The largest absolute Gasteiger partial charge is 0.497 e. The predicted molar refractivity (Wildman–Crippen MR) is 103 cm³/mol. The van der Waals surface area contributed by atoms with Gasteiger partial charge in [0.25, 0.3) is 0 Å². The smallest absolute Gasteiger partial charge is 0.141 e. The molecule has 0 radical (unpaired) electrons. The second kappa shape index (κ2) is 6.98. The summed E-state index contributed by atoms with van der Waals surface area (Å²) in [5, 5.41) is 3.37. The van der Waals surface area contributed by atoms with Crippen molar-refractivity contribution in [3.63, 3.8) is 0 Å². The summed E-state index contributed by atoms with van der Waals surface area (Å²) >= 11 is 1.69. The standard InChI is InChI=1S/C19H22N4OS/c1-3-22-8-10-23(11-9-22)18-17-16(12-25-19(17)21-13-20-18)14-4-6-15(24-2)7-5-14/h4-7,12-13H,3,8-11H2,1-2H3/p+1. The zero-order valence-corrected chi connectivity index (χ0v) is 15.5. The van der Waals surface area contributed by atoms with Gasteiger partial charge in [-0.15, -0.1) is 11.3 Å². The van der Waals surface area contributed by atoms with Gasteiger partial charge in [0, 0.05) is 10.9 Å². The molecule has 0 amide bonds. The second-order valence-electron chi connectivity index (χ2n) is 6.35. The zero-order valence-electron chi connectivity index (χ0n) is 14.7. The Balaban J connectivity index is 1.74. The summed E-state index contributed by atoms with van der Waals surface area (Å²) < 4.78 is 5.28. The van der Waals surface area contributed by atoms with Crippen molar-refractivity contribution in [2.45, 2.75) is 6.92 Å². The van der Waals surface area contributed by atoms with Crippen LogP contribution in [0.15, 0.2) is 36.0 Å². The lowest BCUT2D eigenvalue weighted by atomic mass is 10.1. The summed E-state index contributed by atoms with van der Waals surface area (Å²) in [6.45, 7) is 7.89. The van der Waals surface area contributed by atoms with Crippen molar-refractivity contribution in [1.82, 2.24) is 9.97 Å². The SMILES string of the molecule is CC[NH+]1CCN(c2ncnc3scc(-c4ccc(OC)cc4)c23)CC1. The quantitative estimate of drug-likeness (QED) is 0.778. The van der Waals surface area contributed by atoms with Crippen LogP contribution >= 0.6 is 11.3 Å². The van der Waals surface area contributed by atoms with Crippen LogP contribution in [-0.2, 0) is 0 Å². The maximum absolute atomic E-state index is 5.28. The van der Waals surface area contributed by atoms with E-state index in [0.29, 0.717) is 0 Å². The molecule has 25 heavy (non-hydrogen) atoms. The number of aromatic nitrogens is 2. The molecule has 0 unspecified atom stereocenters. The van der Waals surface area contributed by atoms with Gasteiger partial charge in [-0.05, 0) is 24.6 Å². The van der Waals surface area contributed by atoms with Crippen molar-refractivity contribution in [3.8, 4) is 16.9 Å². The fraction of sp³-hybridized carbons (Fsp3) is 0.368. The molecule has 1 fully saturated rings. The van der Waals surface area contributed by atoms with Crippen molar-refractivity contribution in [3.05, 3.63) is 36.0 Å². The first-order chi connectivity index (χ1) is 12.3. The number of anilines is 1. The molecule has 1 aromatic carbocycles. The molecule has 5 nitrogen and oxygen atoms in total. The summed E-state index contributed by atoms with van der Waals surface area (Å²) in [6.07, 6.45) is 1.70. The second-order valence-corrected chi connectivity index (χ2v) is 7.20. The van der Waals surface area contributed by atoms with Crippen molar-refractivity contribution in [1.29, 1.82) is 0 Å². The highest BCUT2D eigenvalue weighted by Crippen LogP contribution is 2.38. The van der Waals surface area contributed by atoms with Gasteiger partial charge >= 0.3 is 0 Å². The summed E-state index contributed by atoms with van der Waals surface area (Å²) in [7, 11) is 1.69. The molecule has 0 aliphatic carbocycles. The molecule has 0 bridgehead atoms. The van der Waals surface area contributed by atoms with E-state index in [-0.39, 0.29) is 0 Å². The molecule has 4 rings (SSSR count). The summed E-state index contributed by atoms with van der Waals surface area (Å²) in [5.41, 5.74) is 2.39. The molecule has 3 aromatic rings. The van der Waals surface area contributed by atoms with Crippen LogP contribution in [0.5, 0.6) is 5.75 Å². The van der Waals surface area contributed by atoms with E-state index < -0.39 is 0 Å². The topological polar surface area (TPSA) is 42.7 Å². The van der Waals surface area contributed by atoms with Gasteiger partial charge in [-0.1, -0.05) is 12.1 Å². The molecule has 0 atom stereocenters. The van der Waals surface area contributed by atoms with E-state index in [1.807, 2.05) is 12.1 Å². The minimum absolute atomic E-state index is 0.874. The number of nitrogens with zero attached hydrogens (tertiary/aromatic N) is 3. The van der Waals surface area contributed by atoms with Gasteiger partial charge in [-0.25, -0.2) is 9.97 Å². The number of fused-ring (bicyclic) bond motifs is 1. The average molecular weight is 355 g/mol. The molecule has 0 spiro atoms. The Morgan fingerprint density at radius 1 is 1.16 bits per heavy atom. The molecule has 0 saturated carbocycles. The molecule has 2 aromatic heterocycles. The lowest BCUT2D eigenvalue weighted by Crippen LogP contribution is -3.14. The van der Waals surface area contributed by atoms with Gasteiger partial charge in [0.05, 0.1) is 45.2 Å². The number of ether oxygens (including phenoxy) is 1. The normalized spacial score (nSPS) is 15.7. The number of hydrogen-bond acceptors (Lipinski definition) is 5. The van der Waals surface area contributed by atoms with Crippen LogP contribution in [0.3, 0.4) is 0 Å². The maximum atomic E-state index is 5.28. The van der Waals surface area contributed by atoms with E-state index in [4.69, 9.17) is 4.74 Å². The van der Waals surface area contributed by atoms with Gasteiger partial charge in [0.15, 0.2) is 0 Å². The number of thiophene rings is 1. The Kier molecular flexibility index (Phi) is 4.55. The maximum Gasteiger partial charge on any atom is 0.141 e. The Hall–Kier alpha value is -2.18. The third-order valence-corrected chi connectivity index (χ3v) is 5.91. The number of rotatable bonds is 4. The average Bonchev–Trinajstić information content (AvgIpc) is 3.12. The molecule has 130 valence electrons. The lowest BCUT2D eigenvalue weighted by molar-refractivity contribution is -0.898. The summed E-state index contributed by atoms with van der Waals surface area (Å²) in [5.74, 6) is 1.95. The van der Waals surface area contributed by atoms with Crippen LogP contribution in [0.25, 0.3) is 21.3 Å². The Bertz CT molecular complexity index is 853. The van der Waals surface area contributed by atoms with E-state index in [2.05, 4.69) is 39.3 Å². The number of methoxy groups -OCH3 is 1. The Morgan fingerprint density at radius 2 is 1.92 bits per heavy atom. The monoisotopic (exact) mass is 355 g/mol. The Morgan fingerprint density at radius 3 is 2.60 bits per heavy atom. The number of benzene rings is 1. The molecule has 1 saturated heterocycles. The first kappa shape index (κ1) is 16.3. The fourth-order valence-electron chi connectivity index (χ4n) is 3.47. The van der Waals surface area contributed by atoms with Gasteiger partial charge in [-0.2, -0.15) is 0 Å². The molecule has 1 aliphatic rings. The van der Waals surface area contributed by atoms with Crippen LogP contribution < -0.4 is 14.5 Å². The minimum Gasteiger partial charge on any atom is -0.497 e. The van der Waals surface area contributed by atoms with Crippen molar-refractivity contribution in [2.24, 2.45) is 0 Å². The van der Waals surface area contributed by atoms with Crippen molar-refractivity contribution in [2.75, 3.05) is 44.7 Å². The lowest BCUT2D eigenvalue weighted by Gasteiger charge is -2.32. The molecule has 3 heterocycles. The van der Waals surface area contributed by atoms with Gasteiger partial charge < -0.3 is 14.5 Å². The minimum atomic E-state index is 0.874. The molecule has 1 N–H and O–H groups in total. The van der Waals surface area contributed by atoms with E-state index in [0.717, 1.165) is 29.5 Å². The van der Waals surface area contributed by atoms with Crippen LogP contribution in [0, 0.1) is 0 Å². The van der Waals surface area contributed by atoms with E-state index in [1.165, 1.54) is 36.1 Å². The van der Waals surface area contributed by atoms with Crippen molar-refractivity contribution >= 4 is 27.4 Å². The molecule has 6 heteroatoms. The number of quaternary nitrogens is 1. The summed E-state index contributed by atoms with van der Waals surface area (Å²) in [4.78, 5) is 14.3. The highest BCUT2D eigenvalue weighted by atomic mass is 32.1. The number of likely N-dealkylation sites (N-methyl/N-ethyl adjacent to an activating group) is 1. The Labute approximate surface area is 151 Å². The number of nitrogens with one attached hydrogen (secondary N) is 1. The van der Waals surface area contributed by atoms with Crippen LogP contribution in [0.2, 0.25) is 0 Å². The van der Waals surface area contributed by atoms with Crippen LogP contribution in [-0.4, -0.2) is 49.8 Å². The molecular formula is C19H23N4OS+. The van der Waals surface area contributed by atoms with Gasteiger partial charge in [0.1, 0.15) is 22.7 Å². The van der Waals surface area contributed by atoms with E-state index in [9.17, 15) is 0 Å². The van der Waals surface area contributed by atoms with E-state index >= 15 is 0 Å². The van der Waals surface area contributed by atoms with Gasteiger partial charge in [0.2, 0.25) is 0 Å². The molecular weight excluding hydrogens is 332 g/mol. The number of hydrogen-bond donors (Lipinski definition) is 1. The number of piperazine rings is 1. The first-order valence-corrected chi connectivity index (χ1v) is 9.63. The predicted octanol–water partition coefficient (Wildman–Crippen LogP) is 2.09. The third-order valence-electron chi connectivity index (χ3n) is 5.02. The van der Waals surface area contributed by atoms with E-state index in [1.54, 1.807) is 29.7 Å². The van der Waals surface area contributed by atoms with Gasteiger partial charge in [-0.3, -0.25) is 0 Å². The first-order valence-electron chi connectivity index (χ1n) is 8.75. The molecule has 1 aliphatic heterocycles. The summed E-state index contributed by atoms with van der Waals surface area (Å²) in [6, 6.07) is 8.23. The third kappa shape index (κ3) is 3.07.